The number of rotatable bonds is 8. The molecule has 4 aromatic heterocycles. The molecule has 36 heavy (non-hydrogen) atoms. The van der Waals surface area contributed by atoms with Gasteiger partial charge in [0, 0.05) is 43.0 Å². The molecular weight excluding hydrogens is 476 g/mol. The fourth-order valence-electron chi connectivity index (χ4n) is 4.95. The van der Waals surface area contributed by atoms with Crippen molar-refractivity contribution in [3.8, 4) is 0 Å². The highest BCUT2D eigenvalue weighted by Crippen LogP contribution is 2.40. The van der Waals surface area contributed by atoms with Crippen molar-refractivity contribution < 1.29 is 9.59 Å². The standard InChI is InChI=1S/C25H30N8O2S/c1-5-32-18(24(35)33(14-6-7-14)15-8-9-15)10-16-21-20(27-12-31(21)4)22(29-23(16)32)30-25-28-17(13(2)36-25)11-19(34)26-3/h10,12,14-15H,5-9,11H2,1-4H3,(H,26,34)(H,28,29,30). The number of fused-ring (bicyclic) bond motifs is 3. The second-order valence-electron chi connectivity index (χ2n) is 9.70. The van der Waals surface area contributed by atoms with Crippen LogP contribution in [0.5, 0.6) is 0 Å². The lowest BCUT2D eigenvalue weighted by molar-refractivity contribution is -0.120. The zero-order chi connectivity index (χ0) is 25.1. The van der Waals surface area contributed by atoms with E-state index < -0.39 is 0 Å². The Hall–Kier alpha value is -3.47. The highest BCUT2D eigenvalue weighted by molar-refractivity contribution is 7.15. The van der Waals surface area contributed by atoms with E-state index >= 15 is 0 Å². The lowest BCUT2D eigenvalue weighted by Gasteiger charge is -2.22. The van der Waals surface area contributed by atoms with E-state index in [1.807, 2.05) is 36.1 Å². The number of thiazole rings is 1. The first-order valence-corrected chi connectivity index (χ1v) is 13.3. The fraction of sp³-hybridized carbons (Fsp3) is 0.480. The van der Waals surface area contributed by atoms with Crippen LogP contribution in [0.2, 0.25) is 0 Å². The molecule has 2 N–H and O–H groups in total. The van der Waals surface area contributed by atoms with Gasteiger partial charge in [-0.3, -0.25) is 9.59 Å². The quantitative estimate of drug-likeness (QED) is 0.379. The summed E-state index contributed by atoms with van der Waals surface area (Å²) in [4.78, 5) is 42.9. The van der Waals surface area contributed by atoms with Gasteiger partial charge in [-0.05, 0) is 45.6 Å². The molecular formula is C25H30N8O2S. The first kappa shape index (κ1) is 23.0. The Bertz CT molecular complexity index is 1500. The van der Waals surface area contributed by atoms with Crippen LogP contribution in [0.3, 0.4) is 0 Å². The average Bonchev–Trinajstić information content (AvgIpc) is 3.77. The van der Waals surface area contributed by atoms with E-state index in [9.17, 15) is 9.59 Å². The predicted molar refractivity (Wildman–Crippen MR) is 140 cm³/mol. The SMILES string of the molecule is CCn1c(C(=O)N(C2CC2)C2CC2)cc2c3c(ncn3C)c(Nc3nc(CC(=O)NC)c(C)s3)nc21. The number of nitrogens with zero attached hydrogens (tertiary/aromatic N) is 6. The number of aryl methyl sites for hydroxylation is 3. The van der Waals surface area contributed by atoms with Crippen LogP contribution in [-0.2, 0) is 24.8 Å². The van der Waals surface area contributed by atoms with Crippen LogP contribution in [0, 0.1) is 6.92 Å². The second-order valence-corrected chi connectivity index (χ2v) is 10.9. The van der Waals surface area contributed by atoms with Gasteiger partial charge in [-0.25, -0.2) is 15.0 Å². The van der Waals surface area contributed by atoms with Crippen LogP contribution in [0.4, 0.5) is 10.9 Å². The molecule has 0 radical (unpaired) electrons. The van der Waals surface area contributed by atoms with Crippen molar-refractivity contribution in [1.82, 2.24) is 34.3 Å². The van der Waals surface area contributed by atoms with Gasteiger partial charge in [0.2, 0.25) is 5.91 Å². The molecule has 0 bridgehead atoms. The minimum absolute atomic E-state index is 0.0778. The molecule has 0 aromatic carbocycles. The Kier molecular flexibility index (Phi) is 5.47. The van der Waals surface area contributed by atoms with E-state index in [1.54, 1.807) is 13.4 Å². The van der Waals surface area contributed by atoms with E-state index in [0.717, 1.165) is 58.3 Å². The molecule has 0 atom stereocenters. The van der Waals surface area contributed by atoms with Gasteiger partial charge in [-0.15, -0.1) is 11.3 Å². The zero-order valence-corrected chi connectivity index (χ0v) is 21.8. The minimum Gasteiger partial charge on any atom is -0.359 e. The third-order valence-electron chi connectivity index (χ3n) is 7.08. The lowest BCUT2D eigenvalue weighted by atomic mass is 10.2. The molecule has 188 valence electrons. The molecule has 2 saturated carbocycles. The minimum atomic E-state index is -0.0778. The van der Waals surface area contributed by atoms with Crippen LogP contribution in [-0.4, -0.2) is 59.9 Å². The Morgan fingerprint density at radius 2 is 1.92 bits per heavy atom. The van der Waals surface area contributed by atoms with Crippen molar-refractivity contribution in [2.45, 2.75) is 64.6 Å². The number of anilines is 2. The molecule has 2 aliphatic carbocycles. The number of hydrogen-bond donors (Lipinski definition) is 2. The number of likely N-dealkylation sites (N-methyl/N-ethyl adjacent to an activating group) is 1. The molecule has 0 unspecified atom stereocenters. The van der Waals surface area contributed by atoms with Crippen LogP contribution < -0.4 is 10.6 Å². The fourth-order valence-corrected chi connectivity index (χ4v) is 5.78. The molecule has 0 spiro atoms. The second kappa shape index (κ2) is 8.58. The largest absolute Gasteiger partial charge is 0.359 e. The average molecular weight is 507 g/mol. The van der Waals surface area contributed by atoms with Gasteiger partial charge in [0.05, 0.1) is 24.0 Å². The number of imidazole rings is 1. The molecule has 10 nitrogen and oxygen atoms in total. The van der Waals surface area contributed by atoms with Crippen molar-refractivity contribution in [2.24, 2.45) is 7.05 Å². The highest BCUT2D eigenvalue weighted by Gasteiger charge is 2.43. The maximum atomic E-state index is 13.7. The predicted octanol–water partition coefficient (Wildman–Crippen LogP) is 3.51. The summed E-state index contributed by atoms with van der Waals surface area (Å²) in [5.74, 6) is 0.622. The molecule has 4 heterocycles. The maximum absolute atomic E-state index is 13.7. The molecule has 2 aliphatic rings. The number of amides is 2. The molecule has 0 saturated heterocycles. The summed E-state index contributed by atoms with van der Waals surface area (Å²) in [6.45, 7) is 4.64. The van der Waals surface area contributed by atoms with E-state index in [1.165, 1.54) is 11.3 Å². The Labute approximate surface area is 212 Å². The molecule has 4 aromatic rings. The molecule has 0 aliphatic heterocycles. The first-order valence-electron chi connectivity index (χ1n) is 12.5. The normalized spacial score (nSPS) is 15.6. The molecule has 6 rings (SSSR count). The van der Waals surface area contributed by atoms with E-state index in [0.29, 0.717) is 35.3 Å². The molecule has 2 fully saturated rings. The van der Waals surface area contributed by atoms with Gasteiger partial charge in [-0.2, -0.15) is 0 Å². The monoisotopic (exact) mass is 506 g/mol. The molecule has 2 amide bonds. The van der Waals surface area contributed by atoms with E-state index in [4.69, 9.17) is 4.98 Å². The summed E-state index contributed by atoms with van der Waals surface area (Å²) in [5.41, 5.74) is 3.83. The smallest absolute Gasteiger partial charge is 0.271 e. The number of carbonyl (C=O) groups is 2. The van der Waals surface area contributed by atoms with Gasteiger partial charge in [-0.1, -0.05) is 0 Å². The van der Waals surface area contributed by atoms with Crippen LogP contribution in [0.25, 0.3) is 22.1 Å². The number of carbonyl (C=O) groups excluding carboxylic acids is 2. The van der Waals surface area contributed by atoms with Crippen molar-refractivity contribution in [1.29, 1.82) is 0 Å². The van der Waals surface area contributed by atoms with Crippen LogP contribution in [0.1, 0.15) is 53.7 Å². The summed E-state index contributed by atoms with van der Waals surface area (Å²) in [6, 6.07) is 2.76. The van der Waals surface area contributed by atoms with Crippen molar-refractivity contribution in [2.75, 3.05) is 12.4 Å². The summed E-state index contributed by atoms with van der Waals surface area (Å²) in [6.07, 6.45) is 6.40. The summed E-state index contributed by atoms with van der Waals surface area (Å²) >= 11 is 1.48. The van der Waals surface area contributed by atoms with Crippen LogP contribution in [0.15, 0.2) is 12.4 Å². The van der Waals surface area contributed by atoms with Crippen molar-refractivity contribution in [3.63, 3.8) is 0 Å². The third kappa shape index (κ3) is 3.82. The van der Waals surface area contributed by atoms with E-state index in [-0.39, 0.29) is 18.2 Å². The van der Waals surface area contributed by atoms with Crippen molar-refractivity contribution in [3.05, 3.63) is 28.7 Å². The van der Waals surface area contributed by atoms with Gasteiger partial charge >= 0.3 is 0 Å². The number of aromatic nitrogens is 5. The molecule has 11 heteroatoms. The van der Waals surface area contributed by atoms with Gasteiger partial charge in [0.15, 0.2) is 10.9 Å². The maximum Gasteiger partial charge on any atom is 0.271 e. The van der Waals surface area contributed by atoms with E-state index in [2.05, 4.69) is 25.5 Å². The Morgan fingerprint density at radius 3 is 2.56 bits per heavy atom. The van der Waals surface area contributed by atoms with Gasteiger partial charge in [0.1, 0.15) is 16.9 Å². The Balaban J connectivity index is 1.44. The topological polar surface area (TPSA) is 110 Å². The first-order chi connectivity index (χ1) is 17.4. The van der Waals surface area contributed by atoms with Gasteiger partial charge < -0.3 is 24.7 Å². The van der Waals surface area contributed by atoms with Crippen molar-refractivity contribution >= 4 is 56.2 Å². The summed E-state index contributed by atoms with van der Waals surface area (Å²) in [5, 5.41) is 7.58. The number of pyridine rings is 1. The third-order valence-corrected chi connectivity index (χ3v) is 8.01. The number of hydrogen-bond acceptors (Lipinski definition) is 7. The highest BCUT2D eigenvalue weighted by atomic mass is 32.1. The summed E-state index contributed by atoms with van der Waals surface area (Å²) < 4.78 is 4.00. The summed E-state index contributed by atoms with van der Waals surface area (Å²) in [7, 11) is 3.58. The zero-order valence-electron chi connectivity index (χ0n) is 21.0. The lowest BCUT2D eigenvalue weighted by Crippen LogP contribution is -2.36. The van der Waals surface area contributed by atoms with Gasteiger partial charge in [0.25, 0.3) is 5.91 Å². The Morgan fingerprint density at radius 1 is 1.19 bits per heavy atom. The van der Waals surface area contributed by atoms with Crippen LogP contribution >= 0.6 is 11.3 Å². The number of nitrogens with one attached hydrogen (secondary N) is 2.